The van der Waals surface area contributed by atoms with Gasteiger partial charge in [0.05, 0.1) is 0 Å². The number of anilines is 1. The molecule has 0 saturated carbocycles. The maximum absolute atomic E-state index is 11.6. The van der Waals surface area contributed by atoms with E-state index in [0.717, 1.165) is 6.07 Å². The topological polar surface area (TPSA) is 155 Å². The molecule has 9 nitrogen and oxygen atoms in total. The molecule has 2 aromatic rings. The van der Waals surface area contributed by atoms with Gasteiger partial charge < -0.3 is 0 Å². The third kappa shape index (κ3) is 5.61. The average Bonchev–Trinajstić information content (AvgIpc) is 2.52. The van der Waals surface area contributed by atoms with Crippen LogP contribution in [0.15, 0.2) is 46.2 Å². The fourth-order valence-electron chi connectivity index (χ4n) is 2.25. The van der Waals surface area contributed by atoms with Crippen LogP contribution in [0.4, 0.5) is 5.69 Å². The smallest absolute Gasteiger partial charge is 0.286 e. The highest BCUT2D eigenvalue weighted by Crippen LogP contribution is 2.25. The average molecular weight is 433 g/mol. The van der Waals surface area contributed by atoms with E-state index in [2.05, 4.69) is 0 Å². The quantitative estimate of drug-likeness (QED) is 0.304. The van der Waals surface area contributed by atoms with E-state index in [9.17, 15) is 34.4 Å². The van der Waals surface area contributed by atoms with Crippen LogP contribution in [0.3, 0.4) is 0 Å². The van der Waals surface area contributed by atoms with E-state index in [1.807, 2.05) is 4.72 Å². The Labute approximate surface area is 157 Å². The number of rotatable bonds is 6. The fraction of sp³-hybridized carbons (Fsp3) is 0.0667. The van der Waals surface area contributed by atoms with E-state index in [1.54, 1.807) is 13.0 Å². The van der Waals surface area contributed by atoms with Gasteiger partial charge in [-0.25, -0.2) is 8.42 Å². The SMILES string of the molecule is Cc1ccc(C=Cc2ccc(N[SH](=O)=O)cc2S(=O)(=O)O)c(S(=O)(=O)O)c1. The van der Waals surface area contributed by atoms with Crippen LogP contribution in [0, 0.1) is 6.92 Å². The predicted molar refractivity (Wildman–Crippen MR) is 100 cm³/mol. The van der Waals surface area contributed by atoms with Gasteiger partial charge in [-0.2, -0.15) is 16.8 Å². The van der Waals surface area contributed by atoms with Crippen LogP contribution >= 0.6 is 0 Å². The minimum atomic E-state index is -4.70. The molecule has 2 aromatic carbocycles. The van der Waals surface area contributed by atoms with Crippen molar-refractivity contribution in [1.82, 2.24) is 0 Å². The summed E-state index contributed by atoms with van der Waals surface area (Å²) in [6.45, 7) is 1.63. The van der Waals surface area contributed by atoms with Crippen LogP contribution in [0.2, 0.25) is 0 Å². The van der Waals surface area contributed by atoms with Gasteiger partial charge in [0.1, 0.15) is 9.79 Å². The first kappa shape index (κ1) is 21.1. The molecule has 12 heteroatoms. The van der Waals surface area contributed by atoms with Crippen molar-refractivity contribution >= 4 is 49.0 Å². The van der Waals surface area contributed by atoms with Gasteiger partial charge in [-0.15, -0.1) is 0 Å². The molecule has 146 valence electrons. The van der Waals surface area contributed by atoms with Gasteiger partial charge in [0.25, 0.3) is 20.2 Å². The molecule has 0 aromatic heterocycles. The predicted octanol–water partition coefficient (Wildman–Crippen LogP) is 1.60. The Morgan fingerprint density at radius 1 is 0.852 bits per heavy atom. The van der Waals surface area contributed by atoms with Crippen molar-refractivity contribution in [3.05, 3.63) is 53.1 Å². The summed E-state index contributed by atoms with van der Waals surface area (Å²) in [5.74, 6) is 0. The van der Waals surface area contributed by atoms with Crippen LogP contribution in [0.25, 0.3) is 12.2 Å². The van der Waals surface area contributed by atoms with Crippen LogP contribution < -0.4 is 4.72 Å². The fourth-order valence-corrected chi connectivity index (χ4v) is 4.08. The Balaban J connectivity index is 2.58. The Morgan fingerprint density at radius 3 is 1.81 bits per heavy atom. The Bertz CT molecular complexity index is 1190. The molecular weight excluding hydrogens is 418 g/mol. The van der Waals surface area contributed by atoms with Gasteiger partial charge in [-0.1, -0.05) is 30.4 Å². The zero-order valence-electron chi connectivity index (χ0n) is 13.7. The maximum Gasteiger partial charge on any atom is 0.295 e. The van der Waals surface area contributed by atoms with Gasteiger partial charge in [0.2, 0.25) is 10.9 Å². The number of aryl methyl sites for hydroxylation is 1. The summed E-state index contributed by atoms with van der Waals surface area (Å²) in [7, 11) is -12.3. The first-order valence-electron chi connectivity index (χ1n) is 7.17. The molecule has 0 atom stereocenters. The number of hydrogen-bond acceptors (Lipinski definition) is 6. The van der Waals surface area contributed by atoms with Gasteiger partial charge >= 0.3 is 0 Å². The van der Waals surface area contributed by atoms with E-state index in [4.69, 9.17) is 0 Å². The van der Waals surface area contributed by atoms with Gasteiger partial charge in [-0.05, 0) is 41.8 Å². The van der Waals surface area contributed by atoms with E-state index in [1.165, 1.54) is 36.4 Å². The lowest BCUT2D eigenvalue weighted by molar-refractivity contribution is 0.480. The molecule has 0 unspecified atom stereocenters. The maximum atomic E-state index is 11.6. The second-order valence-electron chi connectivity index (χ2n) is 5.45. The molecule has 0 heterocycles. The van der Waals surface area contributed by atoms with Crippen LogP contribution in [-0.4, -0.2) is 34.4 Å². The molecule has 3 N–H and O–H groups in total. The second-order valence-corrected chi connectivity index (χ2v) is 8.96. The number of hydrogen-bond donors (Lipinski definition) is 4. The second kappa shape index (κ2) is 7.78. The minimum absolute atomic E-state index is 0.0222. The molecular formula is C15H15NO8S3. The molecule has 0 aliphatic rings. The van der Waals surface area contributed by atoms with Crippen molar-refractivity contribution in [2.45, 2.75) is 16.7 Å². The van der Waals surface area contributed by atoms with E-state index < -0.39 is 36.0 Å². The van der Waals surface area contributed by atoms with Gasteiger partial charge in [0.15, 0.2) is 0 Å². The number of benzene rings is 2. The van der Waals surface area contributed by atoms with Crippen molar-refractivity contribution < 1.29 is 34.4 Å². The molecule has 0 aliphatic heterocycles. The third-order valence-corrected chi connectivity index (χ3v) is 5.66. The number of nitrogens with one attached hydrogen (secondary N) is 1. The van der Waals surface area contributed by atoms with Gasteiger partial charge in [0, 0.05) is 5.69 Å². The Kier molecular flexibility index (Phi) is 6.07. The number of thiol groups is 1. The van der Waals surface area contributed by atoms with Gasteiger partial charge in [-0.3, -0.25) is 13.8 Å². The molecule has 0 saturated heterocycles. The summed E-state index contributed by atoms with van der Waals surface area (Å²) in [5.41, 5.74) is 0.575. The third-order valence-electron chi connectivity index (χ3n) is 3.40. The van der Waals surface area contributed by atoms with Crippen molar-refractivity contribution in [3.63, 3.8) is 0 Å². The zero-order chi connectivity index (χ0) is 20.4. The van der Waals surface area contributed by atoms with Crippen molar-refractivity contribution in [1.29, 1.82) is 0 Å². The van der Waals surface area contributed by atoms with Crippen molar-refractivity contribution in [2.24, 2.45) is 0 Å². The first-order valence-corrected chi connectivity index (χ1v) is 11.2. The molecule has 0 aliphatic carbocycles. The van der Waals surface area contributed by atoms with Crippen LogP contribution in [0.1, 0.15) is 16.7 Å². The lowest BCUT2D eigenvalue weighted by Crippen LogP contribution is -2.03. The van der Waals surface area contributed by atoms with E-state index in [0.29, 0.717) is 5.56 Å². The highest BCUT2D eigenvalue weighted by atomic mass is 32.2. The monoisotopic (exact) mass is 433 g/mol. The van der Waals surface area contributed by atoms with Crippen molar-refractivity contribution in [3.8, 4) is 0 Å². The summed E-state index contributed by atoms with van der Waals surface area (Å²) in [6.07, 6.45) is 2.46. The summed E-state index contributed by atoms with van der Waals surface area (Å²) in [6, 6.07) is 7.66. The molecule has 27 heavy (non-hydrogen) atoms. The highest BCUT2D eigenvalue weighted by Gasteiger charge is 2.17. The lowest BCUT2D eigenvalue weighted by Gasteiger charge is -2.07. The summed E-state index contributed by atoms with van der Waals surface area (Å²) in [4.78, 5) is -0.949. The standard InChI is InChI=1S/C15H15NO8S3/c1-10-2-3-11(14(8-10)26(19,20)21)4-5-12-6-7-13(16-25(17)18)9-15(12)27(22,23)24/h2-9,25H,1H3,(H,16,17,18)(H,19,20,21)(H,22,23,24). The minimum Gasteiger partial charge on any atom is -0.286 e. The molecule has 0 bridgehead atoms. The summed E-state index contributed by atoms with van der Waals surface area (Å²) < 4.78 is 88.3. The Hall–Kier alpha value is -2.25. The molecule has 2 rings (SSSR count). The lowest BCUT2D eigenvalue weighted by atomic mass is 10.1. The van der Waals surface area contributed by atoms with E-state index in [-0.39, 0.29) is 21.7 Å². The molecule has 0 fully saturated rings. The van der Waals surface area contributed by atoms with E-state index >= 15 is 0 Å². The molecule has 0 radical (unpaired) electrons. The summed E-state index contributed by atoms with van der Waals surface area (Å²) >= 11 is 0. The van der Waals surface area contributed by atoms with Crippen molar-refractivity contribution in [2.75, 3.05) is 4.72 Å². The normalized spacial score (nSPS) is 12.6. The van der Waals surface area contributed by atoms with Crippen LogP contribution in [0.5, 0.6) is 0 Å². The van der Waals surface area contributed by atoms with Crippen LogP contribution in [-0.2, 0) is 31.1 Å². The molecule has 0 amide bonds. The highest BCUT2D eigenvalue weighted by molar-refractivity contribution is 7.86. The molecule has 0 spiro atoms. The first-order chi connectivity index (χ1) is 12.4. The summed E-state index contributed by atoms with van der Waals surface area (Å²) in [5, 5.41) is 0. The zero-order valence-corrected chi connectivity index (χ0v) is 16.3. The largest absolute Gasteiger partial charge is 0.295 e. The Morgan fingerprint density at radius 2 is 1.33 bits per heavy atom.